The summed E-state index contributed by atoms with van der Waals surface area (Å²) in [6.45, 7) is -3.85. The average Bonchev–Trinajstić information content (AvgIpc) is 1.95. The van der Waals surface area contributed by atoms with Crippen LogP contribution in [0.2, 0.25) is 0 Å². The van der Waals surface area contributed by atoms with Crippen molar-refractivity contribution in [1.82, 2.24) is 5.32 Å². The second kappa shape index (κ2) is 5.10. The van der Waals surface area contributed by atoms with E-state index in [0.29, 0.717) is 0 Å². The molecule has 0 saturated heterocycles. The first-order chi connectivity index (χ1) is 7.66. The largest absolute Gasteiger partial charge is 0.453 e. The smallest absolute Gasteiger partial charge is 0.303 e. The summed E-state index contributed by atoms with van der Waals surface area (Å²) in [5, 5.41) is 1.06. The molecule has 0 saturated carbocycles. The highest BCUT2D eigenvalue weighted by molar-refractivity contribution is 4.84. The SMILES string of the molecule is FC(F)(F)CNCC(F)(F)CC(F)(F)C(F)(F)F. The van der Waals surface area contributed by atoms with Gasteiger partial charge in [-0.3, -0.25) is 0 Å². The molecule has 1 nitrogen and oxygen atoms in total. The molecule has 0 heterocycles. The maximum Gasteiger partial charge on any atom is 0.453 e. The highest BCUT2D eigenvalue weighted by Gasteiger charge is 2.61. The van der Waals surface area contributed by atoms with Gasteiger partial charge in [0.25, 0.3) is 5.92 Å². The van der Waals surface area contributed by atoms with Crippen LogP contribution in [0.15, 0.2) is 0 Å². The first-order valence-corrected chi connectivity index (χ1v) is 4.26. The monoisotopic (exact) mass is 295 g/mol. The molecule has 0 bridgehead atoms. The minimum atomic E-state index is -6.18. The zero-order chi connectivity index (χ0) is 14.8. The Morgan fingerprint density at radius 1 is 0.667 bits per heavy atom. The van der Waals surface area contributed by atoms with E-state index < -0.39 is 43.7 Å². The van der Waals surface area contributed by atoms with Gasteiger partial charge in [0.05, 0.1) is 19.5 Å². The Morgan fingerprint density at radius 2 is 1.11 bits per heavy atom. The van der Waals surface area contributed by atoms with E-state index in [1.54, 1.807) is 0 Å². The summed E-state index contributed by atoms with van der Waals surface area (Å²) in [5.41, 5.74) is 0. The number of nitrogens with one attached hydrogen (secondary N) is 1. The van der Waals surface area contributed by atoms with Crippen molar-refractivity contribution in [2.24, 2.45) is 0 Å². The van der Waals surface area contributed by atoms with Crippen molar-refractivity contribution in [3.8, 4) is 0 Å². The third-order valence-corrected chi connectivity index (χ3v) is 1.60. The molecular formula is C7H7F10N. The topological polar surface area (TPSA) is 12.0 Å². The highest BCUT2D eigenvalue weighted by Crippen LogP contribution is 2.42. The van der Waals surface area contributed by atoms with E-state index >= 15 is 0 Å². The van der Waals surface area contributed by atoms with Crippen LogP contribution in [-0.4, -0.2) is 37.3 Å². The molecule has 0 aromatic rings. The van der Waals surface area contributed by atoms with Crippen molar-refractivity contribution >= 4 is 0 Å². The van der Waals surface area contributed by atoms with Crippen LogP contribution in [0.3, 0.4) is 0 Å². The van der Waals surface area contributed by atoms with E-state index in [1.807, 2.05) is 0 Å². The van der Waals surface area contributed by atoms with Gasteiger partial charge in [0.2, 0.25) is 0 Å². The summed E-state index contributed by atoms with van der Waals surface area (Å²) < 4.78 is 119. The Morgan fingerprint density at radius 3 is 1.44 bits per heavy atom. The van der Waals surface area contributed by atoms with E-state index in [1.165, 1.54) is 0 Å². The third-order valence-electron chi connectivity index (χ3n) is 1.60. The summed E-state index contributed by atoms with van der Waals surface area (Å²) in [5.74, 6) is -10.3. The maximum absolute atomic E-state index is 12.6. The first kappa shape index (κ1) is 17.3. The summed E-state index contributed by atoms with van der Waals surface area (Å²) in [6.07, 6.45) is -14.0. The molecule has 11 heteroatoms. The lowest BCUT2D eigenvalue weighted by Gasteiger charge is -2.25. The van der Waals surface area contributed by atoms with Gasteiger partial charge in [-0.2, -0.15) is 35.1 Å². The van der Waals surface area contributed by atoms with E-state index in [9.17, 15) is 43.9 Å². The fourth-order valence-corrected chi connectivity index (χ4v) is 0.875. The summed E-state index contributed by atoms with van der Waals surface area (Å²) in [4.78, 5) is 0. The maximum atomic E-state index is 12.6. The van der Waals surface area contributed by atoms with Gasteiger partial charge in [-0.1, -0.05) is 0 Å². The van der Waals surface area contributed by atoms with Gasteiger partial charge in [0, 0.05) is 0 Å². The number of hydrogen-bond acceptors (Lipinski definition) is 1. The van der Waals surface area contributed by atoms with Crippen molar-refractivity contribution in [2.45, 2.75) is 30.6 Å². The van der Waals surface area contributed by atoms with E-state index in [2.05, 4.69) is 0 Å². The van der Waals surface area contributed by atoms with Crippen LogP contribution >= 0.6 is 0 Å². The van der Waals surface area contributed by atoms with Crippen molar-refractivity contribution < 1.29 is 43.9 Å². The van der Waals surface area contributed by atoms with Crippen molar-refractivity contribution in [2.75, 3.05) is 13.1 Å². The molecule has 0 aliphatic carbocycles. The van der Waals surface area contributed by atoms with Gasteiger partial charge in [0.15, 0.2) is 0 Å². The van der Waals surface area contributed by atoms with Crippen LogP contribution in [0, 0.1) is 0 Å². The Kier molecular flexibility index (Phi) is 4.89. The van der Waals surface area contributed by atoms with Crippen molar-refractivity contribution in [1.29, 1.82) is 0 Å². The van der Waals surface area contributed by atoms with Gasteiger partial charge in [-0.05, 0) is 0 Å². The highest BCUT2D eigenvalue weighted by atomic mass is 19.4. The molecule has 0 spiro atoms. The average molecular weight is 295 g/mol. The molecule has 0 aliphatic heterocycles. The molecule has 0 unspecified atom stereocenters. The lowest BCUT2D eigenvalue weighted by atomic mass is 10.1. The first-order valence-electron chi connectivity index (χ1n) is 4.26. The molecule has 0 aliphatic rings. The molecule has 110 valence electrons. The Bertz CT molecular complexity index is 264. The van der Waals surface area contributed by atoms with Gasteiger partial charge < -0.3 is 5.32 Å². The second-order valence-electron chi connectivity index (χ2n) is 3.45. The molecule has 0 atom stereocenters. The van der Waals surface area contributed by atoms with Crippen LogP contribution < -0.4 is 5.32 Å². The Hall–Kier alpha value is -0.740. The standard InChI is InChI=1S/C7H7F10N/c8-4(9,2-18-3-6(12,13)14)1-5(10,11)7(15,16)17/h18H,1-3H2. The fourth-order valence-electron chi connectivity index (χ4n) is 0.875. The van der Waals surface area contributed by atoms with Gasteiger partial charge in [-0.25, -0.2) is 8.78 Å². The minimum Gasteiger partial charge on any atom is -0.303 e. The van der Waals surface area contributed by atoms with E-state index in [4.69, 9.17) is 0 Å². The Balaban J connectivity index is 4.40. The lowest BCUT2D eigenvalue weighted by molar-refractivity contribution is -0.300. The second-order valence-corrected chi connectivity index (χ2v) is 3.45. The van der Waals surface area contributed by atoms with Crippen LogP contribution in [0.4, 0.5) is 43.9 Å². The summed E-state index contributed by atoms with van der Waals surface area (Å²) in [7, 11) is 0. The zero-order valence-electron chi connectivity index (χ0n) is 8.40. The van der Waals surface area contributed by atoms with Crippen molar-refractivity contribution in [3.63, 3.8) is 0 Å². The molecule has 0 aromatic heterocycles. The van der Waals surface area contributed by atoms with Crippen LogP contribution in [-0.2, 0) is 0 Å². The lowest BCUT2D eigenvalue weighted by Crippen LogP contribution is -2.46. The minimum absolute atomic E-state index is 1.06. The molecule has 0 rings (SSSR count). The summed E-state index contributed by atoms with van der Waals surface area (Å²) >= 11 is 0. The predicted octanol–water partition coefficient (Wildman–Crippen LogP) is 3.36. The van der Waals surface area contributed by atoms with Gasteiger partial charge in [0.1, 0.15) is 0 Å². The zero-order valence-corrected chi connectivity index (χ0v) is 8.40. The van der Waals surface area contributed by atoms with Crippen LogP contribution in [0.5, 0.6) is 0 Å². The van der Waals surface area contributed by atoms with E-state index in [0.717, 1.165) is 5.32 Å². The number of halogens is 10. The normalized spacial score (nSPS) is 15.0. The molecule has 1 N–H and O–H groups in total. The van der Waals surface area contributed by atoms with Gasteiger partial charge >= 0.3 is 18.3 Å². The number of alkyl halides is 10. The molecule has 18 heavy (non-hydrogen) atoms. The van der Waals surface area contributed by atoms with Crippen LogP contribution in [0.1, 0.15) is 6.42 Å². The number of hydrogen-bond donors (Lipinski definition) is 1. The molecule has 0 fully saturated rings. The fraction of sp³-hybridized carbons (Fsp3) is 1.00. The molecule has 0 amide bonds. The van der Waals surface area contributed by atoms with Crippen molar-refractivity contribution in [3.05, 3.63) is 0 Å². The third kappa shape index (κ3) is 6.26. The van der Waals surface area contributed by atoms with Gasteiger partial charge in [-0.15, -0.1) is 0 Å². The van der Waals surface area contributed by atoms with Crippen LogP contribution in [0.25, 0.3) is 0 Å². The molecule has 0 aromatic carbocycles. The predicted molar refractivity (Wildman–Crippen MR) is 39.5 cm³/mol. The number of rotatable bonds is 5. The van der Waals surface area contributed by atoms with E-state index in [-0.39, 0.29) is 0 Å². The Labute approximate surface area is 94.1 Å². The summed E-state index contributed by atoms with van der Waals surface area (Å²) in [6, 6.07) is 0. The molecule has 0 radical (unpaired) electrons. The quantitative estimate of drug-likeness (QED) is 0.767. The molecular weight excluding hydrogens is 288 g/mol.